The molecule has 2 amide bonds. The van der Waals surface area contributed by atoms with Crippen molar-refractivity contribution in [2.24, 2.45) is 5.16 Å². The number of nitrogens with zero attached hydrogens (tertiary/aromatic N) is 2. The Morgan fingerprint density at radius 2 is 1.89 bits per heavy atom. The first-order chi connectivity index (χ1) is 17.2. The van der Waals surface area contributed by atoms with E-state index in [0.717, 1.165) is 12.1 Å². The van der Waals surface area contributed by atoms with Gasteiger partial charge in [0.1, 0.15) is 11.6 Å². The fourth-order valence-electron chi connectivity index (χ4n) is 3.84. The number of nitrogens with one attached hydrogen (secondary N) is 1. The number of halogens is 4. The lowest BCUT2D eigenvalue weighted by atomic mass is 10.0. The molecule has 1 N–H and O–H groups in total. The highest BCUT2D eigenvalue weighted by atomic mass is 19.4. The molecule has 0 saturated heterocycles. The number of carbonyl (C=O) groups excluding carboxylic acids is 1. The van der Waals surface area contributed by atoms with Gasteiger partial charge in [0.25, 0.3) is 0 Å². The molecular weight excluding hydrogens is 478 g/mol. The molecule has 0 radical (unpaired) electrons. The van der Waals surface area contributed by atoms with Crippen LogP contribution in [0, 0.1) is 5.82 Å². The van der Waals surface area contributed by atoms with E-state index in [0.29, 0.717) is 34.7 Å². The number of amides is 2. The van der Waals surface area contributed by atoms with Crippen molar-refractivity contribution in [3.63, 3.8) is 0 Å². The Hall–Kier alpha value is -4.08. The van der Waals surface area contributed by atoms with Gasteiger partial charge in [0.15, 0.2) is 6.10 Å². The van der Waals surface area contributed by atoms with E-state index in [4.69, 9.17) is 9.57 Å². The zero-order chi connectivity index (χ0) is 25.7. The molecule has 1 heterocycles. The second-order valence-electron chi connectivity index (χ2n) is 8.19. The number of urea groups is 1. The maximum atomic E-state index is 13.6. The zero-order valence-corrected chi connectivity index (χ0v) is 19.3. The van der Waals surface area contributed by atoms with Crippen molar-refractivity contribution in [2.45, 2.75) is 25.2 Å². The van der Waals surface area contributed by atoms with Crippen molar-refractivity contribution < 1.29 is 31.9 Å². The molecular formula is C26H23F4N3O3. The van der Waals surface area contributed by atoms with Crippen molar-refractivity contribution in [3.8, 4) is 5.75 Å². The number of alkyl halides is 3. The number of rotatable bonds is 7. The summed E-state index contributed by atoms with van der Waals surface area (Å²) in [5.74, 6) is 0.0136. The SMILES string of the molecule is COc1ccccc1NC(=O)N(Cc1cccc(C(F)(F)F)c1)C[C@@H]1CC(c2cccc(F)c2)=NO1. The predicted molar refractivity (Wildman–Crippen MR) is 126 cm³/mol. The highest BCUT2D eigenvalue weighted by molar-refractivity contribution is 6.01. The molecule has 0 spiro atoms. The summed E-state index contributed by atoms with van der Waals surface area (Å²) in [6, 6.07) is 16.9. The lowest BCUT2D eigenvalue weighted by Gasteiger charge is -2.26. The normalized spacial score (nSPS) is 15.1. The highest BCUT2D eigenvalue weighted by Gasteiger charge is 2.31. The molecule has 0 fully saturated rings. The van der Waals surface area contributed by atoms with Gasteiger partial charge in [0.2, 0.25) is 0 Å². The molecule has 1 aliphatic rings. The number of ether oxygens (including phenoxy) is 1. The standard InChI is InChI=1S/C26H23F4N3O3/c1-35-24-11-3-2-10-22(24)31-25(34)33(15-17-6-4-8-19(12-17)26(28,29)30)16-21-14-23(32-36-21)18-7-5-9-20(27)13-18/h2-13,21H,14-16H2,1H3,(H,31,34)/t21-/m0/s1. The Morgan fingerprint density at radius 3 is 2.64 bits per heavy atom. The molecule has 4 rings (SSSR count). The zero-order valence-electron chi connectivity index (χ0n) is 19.3. The second kappa shape index (κ2) is 10.7. The molecule has 3 aromatic carbocycles. The van der Waals surface area contributed by atoms with E-state index < -0.39 is 29.7 Å². The summed E-state index contributed by atoms with van der Waals surface area (Å²) in [6.07, 6.45) is -4.79. The quantitative estimate of drug-likeness (QED) is 0.399. The third-order valence-electron chi connectivity index (χ3n) is 5.58. The van der Waals surface area contributed by atoms with Crippen LogP contribution in [0.4, 0.5) is 28.0 Å². The summed E-state index contributed by atoms with van der Waals surface area (Å²) in [4.78, 5) is 20.1. The molecule has 0 saturated carbocycles. The summed E-state index contributed by atoms with van der Waals surface area (Å²) in [6.45, 7) is -0.0837. The smallest absolute Gasteiger partial charge is 0.416 e. The number of oxime groups is 1. The number of benzene rings is 3. The van der Waals surface area contributed by atoms with Gasteiger partial charge in [-0.2, -0.15) is 13.2 Å². The monoisotopic (exact) mass is 501 g/mol. The first-order valence-corrected chi connectivity index (χ1v) is 11.1. The van der Waals surface area contributed by atoms with Gasteiger partial charge >= 0.3 is 12.2 Å². The molecule has 36 heavy (non-hydrogen) atoms. The van der Waals surface area contributed by atoms with Gasteiger partial charge in [-0.3, -0.25) is 0 Å². The van der Waals surface area contributed by atoms with Gasteiger partial charge in [-0.1, -0.05) is 41.6 Å². The van der Waals surface area contributed by atoms with E-state index >= 15 is 0 Å². The molecule has 3 aromatic rings. The molecule has 188 valence electrons. The van der Waals surface area contributed by atoms with Crippen molar-refractivity contribution in [2.75, 3.05) is 19.0 Å². The second-order valence-corrected chi connectivity index (χ2v) is 8.19. The molecule has 0 aromatic heterocycles. The maximum absolute atomic E-state index is 13.6. The van der Waals surface area contributed by atoms with Crippen LogP contribution in [0.25, 0.3) is 0 Å². The van der Waals surface area contributed by atoms with Crippen LogP contribution in [0.2, 0.25) is 0 Å². The van der Waals surface area contributed by atoms with Crippen LogP contribution in [-0.4, -0.2) is 36.4 Å². The number of hydrogen-bond acceptors (Lipinski definition) is 4. The minimum Gasteiger partial charge on any atom is -0.495 e. The van der Waals surface area contributed by atoms with E-state index in [1.165, 1.54) is 36.3 Å². The van der Waals surface area contributed by atoms with E-state index in [1.54, 1.807) is 36.4 Å². The average Bonchev–Trinajstić information content (AvgIpc) is 3.32. The molecule has 0 aliphatic carbocycles. The average molecular weight is 501 g/mol. The van der Waals surface area contributed by atoms with E-state index in [1.807, 2.05) is 0 Å². The minimum absolute atomic E-state index is 0.0273. The largest absolute Gasteiger partial charge is 0.495 e. The number of para-hydroxylation sites is 2. The summed E-state index contributed by atoms with van der Waals surface area (Å²) in [5, 5.41) is 6.78. The lowest BCUT2D eigenvalue weighted by Crippen LogP contribution is -2.40. The first-order valence-electron chi connectivity index (χ1n) is 11.1. The molecule has 10 heteroatoms. The van der Waals surface area contributed by atoms with Crippen molar-refractivity contribution in [3.05, 3.63) is 95.3 Å². The van der Waals surface area contributed by atoms with Crippen LogP contribution in [0.15, 0.2) is 78.0 Å². The third-order valence-corrected chi connectivity index (χ3v) is 5.58. The molecule has 0 unspecified atom stereocenters. The molecule has 1 aliphatic heterocycles. The van der Waals surface area contributed by atoms with Gasteiger partial charge in [0, 0.05) is 18.5 Å². The predicted octanol–water partition coefficient (Wildman–Crippen LogP) is 6.08. The number of methoxy groups -OCH3 is 1. The number of anilines is 1. The van der Waals surface area contributed by atoms with Crippen LogP contribution in [0.5, 0.6) is 5.75 Å². The topological polar surface area (TPSA) is 63.2 Å². The summed E-state index contributed by atoms with van der Waals surface area (Å²) >= 11 is 0. The molecule has 0 bridgehead atoms. The van der Waals surface area contributed by atoms with Crippen LogP contribution in [-0.2, 0) is 17.6 Å². The molecule has 6 nitrogen and oxygen atoms in total. The Bertz CT molecular complexity index is 1260. The maximum Gasteiger partial charge on any atom is 0.416 e. The molecule has 1 atom stereocenters. The van der Waals surface area contributed by atoms with Gasteiger partial charge in [-0.15, -0.1) is 0 Å². The minimum atomic E-state index is -4.51. The Kier molecular flexibility index (Phi) is 7.42. The third kappa shape index (κ3) is 6.12. The highest BCUT2D eigenvalue weighted by Crippen LogP contribution is 2.30. The van der Waals surface area contributed by atoms with Crippen LogP contribution >= 0.6 is 0 Å². The van der Waals surface area contributed by atoms with Crippen LogP contribution in [0.1, 0.15) is 23.1 Å². The number of hydrogen-bond donors (Lipinski definition) is 1. The van der Waals surface area contributed by atoms with Crippen molar-refractivity contribution >= 4 is 17.4 Å². The number of carbonyl (C=O) groups is 1. The Labute approximate surface area is 205 Å². The lowest BCUT2D eigenvalue weighted by molar-refractivity contribution is -0.137. The fourth-order valence-corrected chi connectivity index (χ4v) is 3.84. The van der Waals surface area contributed by atoms with Crippen LogP contribution < -0.4 is 10.1 Å². The van der Waals surface area contributed by atoms with Gasteiger partial charge in [-0.05, 0) is 42.0 Å². The summed E-state index contributed by atoms with van der Waals surface area (Å²) in [5.41, 5.74) is 0.968. The first kappa shape index (κ1) is 25.0. The van der Waals surface area contributed by atoms with Crippen molar-refractivity contribution in [1.29, 1.82) is 0 Å². The fraction of sp³-hybridized carbons (Fsp3) is 0.231. The van der Waals surface area contributed by atoms with Gasteiger partial charge in [-0.25, -0.2) is 9.18 Å². The summed E-state index contributed by atoms with van der Waals surface area (Å²) < 4.78 is 58.6. The Morgan fingerprint density at radius 1 is 1.11 bits per heavy atom. The van der Waals surface area contributed by atoms with Gasteiger partial charge in [0.05, 0.1) is 30.6 Å². The van der Waals surface area contributed by atoms with E-state index in [2.05, 4.69) is 10.5 Å². The van der Waals surface area contributed by atoms with Crippen LogP contribution in [0.3, 0.4) is 0 Å². The Balaban J connectivity index is 1.53. The van der Waals surface area contributed by atoms with E-state index in [9.17, 15) is 22.4 Å². The summed E-state index contributed by atoms with van der Waals surface area (Å²) in [7, 11) is 1.46. The van der Waals surface area contributed by atoms with E-state index in [-0.39, 0.29) is 13.1 Å². The van der Waals surface area contributed by atoms with Gasteiger partial charge < -0.3 is 19.8 Å². The van der Waals surface area contributed by atoms with Crippen molar-refractivity contribution in [1.82, 2.24) is 4.90 Å².